The zero-order chi connectivity index (χ0) is 42.0. The second-order valence-electron chi connectivity index (χ2n) is 17.0. The first-order valence-corrected chi connectivity index (χ1v) is 22.0. The molecule has 0 fully saturated rings. The maximum atomic E-state index is 6.93. The molecule has 9 aromatic carbocycles. The standard InChI is InChI=1S/C58H37N3O3/c1-2-36-55(35-30-44-38-18-6-10-24-48(38)64-57(44)47(32-35)61-45-23-9-5-17-37(45)43-29-33-15-3-4-16-34(33)31-46(43)61)59-58(42-22-14-28-52-54(42)40-20-8-12-26-50(40)63-52)60-56(36)41-21-13-27-51-53(41)39-19-7-11-25-49(39)62-51/h3-32,36,55H,2H2,1H3. The Morgan fingerprint density at radius 1 is 0.469 bits per heavy atom. The van der Waals surface area contributed by atoms with Crippen molar-refractivity contribution in [1.82, 2.24) is 4.57 Å². The molecule has 302 valence electrons. The summed E-state index contributed by atoms with van der Waals surface area (Å²) in [7, 11) is 0. The van der Waals surface area contributed by atoms with Crippen LogP contribution in [0.4, 0.5) is 0 Å². The third-order valence-corrected chi connectivity index (χ3v) is 13.6. The second kappa shape index (κ2) is 13.4. The molecule has 0 aliphatic carbocycles. The molecule has 0 radical (unpaired) electrons. The third-order valence-electron chi connectivity index (χ3n) is 13.6. The van der Waals surface area contributed by atoms with Crippen LogP contribution in [0.2, 0.25) is 0 Å². The number of aromatic nitrogens is 1. The van der Waals surface area contributed by atoms with E-state index in [-0.39, 0.29) is 12.0 Å². The van der Waals surface area contributed by atoms with Gasteiger partial charge < -0.3 is 17.8 Å². The molecule has 6 heteroatoms. The van der Waals surface area contributed by atoms with E-state index in [2.05, 4.69) is 157 Å². The third kappa shape index (κ3) is 5.02. The minimum atomic E-state index is -0.319. The molecular formula is C58H37N3O3. The van der Waals surface area contributed by atoms with Crippen LogP contribution in [0.3, 0.4) is 0 Å². The van der Waals surface area contributed by atoms with Crippen molar-refractivity contribution < 1.29 is 13.3 Å². The second-order valence-corrected chi connectivity index (χ2v) is 17.0. The van der Waals surface area contributed by atoms with Crippen LogP contribution >= 0.6 is 0 Å². The Morgan fingerprint density at radius 2 is 1.05 bits per heavy atom. The van der Waals surface area contributed by atoms with Crippen molar-refractivity contribution in [2.45, 2.75) is 19.4 Å². The Labute approximate surface area is 366 Å². The smallest absolute Gasteiger partial charge is 0.159 e. The van der Waals surface area contributed by atoms with Crippen molar-refractivity contribution in [1.29, 1.82) is 0 Å². The van der Waals surface area contributed by atoms with Gasteiger partial charge in [-0.15, -0.1) is 0 Å². The van der Waals surface area contributed by atoms with Gasteiger partial charge in [0.25, 0.3) is 0 Å². The molecule has 0 saturated carbocycles. The van der Waals surface area contributed by atoms with Crippen LogP contribution in [0.25, 0.3) is 104 Å². The number of para-hydroxylation sites is 4. The average molecular weight is 824 g/mol. The molecule has 0 saturated heterocycles. The fourth-order valence-electron chi connectivity index (χ4n) is 10.7. The van der Waals surface area contributed by atoms with Crippen molar-refractivity contribution in [3.05, 3.63) is 199 Å². The SMILES string of the molecule is CCC1C(c2cccc3oc4ccccc4c23)=NC(c2cccc3oc4ccccc4c23)=NC1c1cc(-n2c3ccccc3c3cc4ccccc4cc32)c2oc3ccccc3c2c1. The van der Waals surface area contributed by atoms with Crippen LogP contribution in [-0.4, -0.2) is 16.1 Å². The predicted octanol–water partition coefficient (Wildman–Crippen LogP) is 15.7. The van der Waals surface area contributed by atoms with E-state index in [1.807, 2.05) is 36.4 Å². The lowest BCUT2D eigenvalue weighted by Crippen LogP contribution is -2.28. The highest BCUT2D eigenvalue weighted by Gasteiger charge is 2.35. The van der Waals surface area contributed by atoms with Gasteiger partial charge in [0.2, 0.25) is 0 Å². The fourth-order valence-corrected chi connectivity index (χ4v) is 10.7. The summed E-state index contributed by atoms with van der Waals surface area (Å²) in [6.07, 6.45) is 0.798. The van der Waals surface area contributed by atoms with Gasteiger partial charge in [-0.1, -0.05) is 128 Å². The number of nitrogens with zero attached hydrogens (tertiary/aromatic N) is 3. The molecule has 13 aromatic rings. The first-order valence-electron chi connectivity index (χ1n) is 22.0. The van der Waals surface area contributed by atoms with Crippen molar-refractivity contribution >= 4 is 110 Å². The largest absolute Gasteiger partial charge is 0.456 e. The van der Waals surface area contributed by atoms with E-state index in [0.29, 0.717) is 5.84 Å². The lowest BCUT2D eigenvalue weighted by molar-refractivity contribution is 0.533. The number of aliphatic imine (C=N–C) groups is 2. The summed E-state index contributed by atoms with van der Waals surface area (Å²) < 4.78 is 22.3. The quantitative estimate of drug-likeness (QED) is 0.174. The van der Waals surface area contributed by atoms with Crippen molar-refractivity contribution in [3.63, 3.8) is 0 Å². The summed E-state index contributed by atoms with van der Waals surface area (Å²) in [4.78, 5) is 11.5. The average Bonchev–Trinajstić information content (AvgIpc) is 4.11. The maximum absolute atomic E-state index is 6.93. The molecule has 6 nitrogen and oxygen atoms in total. The lowest BCUT2D eigenvalue weighted by Gasteiger charge is -2.30. The predicted molar refractivity (Wildman–Crippen MR) is 263 cm³/mol. The zero-order valence-corrected chi connectivity index (χ0v) is 34.7. The normalized spacial score (nSPS) is 15.8. The molecule has 0 N–H and O–H groups in total. The van der Waals surface area contributed by atoms with Gasteiger partial charge in [0.1, 0.15) is 27.9 Å². The highest BCUT2D eigenvalue weighted by Crippen LogP contribution is 2.46. The number of furan rings is 3. The minimum absolute atomic E-state index is 0.0890. The van der Waals surface area contributed by atoms with Crippen molar-refractivity contribution in [2.24, 2.45) is 15.9 Å². The Morgan fingerprint density at radius 3 is 1.77 bits per heavy atom. The van der Waals surface area contributed by atoms with Gasteiger partial charge in [0, 0.05) is 60.1 Å². The lowest BCUT2D eigenvalue weighted by atomic mass is 9.81. The van der Waals surface area contributed by atoms with Crippen LogP contribution in [0.5, 0.6) is 0 Å². The van der Waals surface area contributed by atoms with Crippen LogP contribution in [0.15, 0.2) is 205 Å². The molecule has 1 aliphatic rings. The zero-order valence-electron chi connectivity index (χ0n) is 34.7. The number of amidine groups is 1. The number of fused-ring (bicyclic) bond motifs is 13. The Bertz CT molecular complexity index is 4160. The van der Waals surface area contributed by atoms with Crippen LogP contribution in [0, 0.1) is 5.92 Å². The van der Waals surface area contributed by atoms with Crippen LogP contribution < -0.4 is 0 Å². The molecule has 2 unspecified atom stereocenters. The van der Waals surface area contributed by atoms with E-state index in [4.69, 9.17) is 23.2 Å². The maximum Gasteiger partial charge on any atom is 0.159 e. The summed E-state index contributed by atoms with van der Waals surface area (Å²) in [6.45, 7) is 2.26. The van der Waals surface area contributed by atoms with Gasteiger partial charge in [0.15, 0.2) is 11.4 Å². The van der Waals surface area contributed by atoms with Gasteiger partial charge in [-0.25, -0.2) is 4.99 Å². The first kappa shape index (κ1) is 35.4. The Kier molecular flexibility index (Phi) is 7.40. The highest BCUT2D eigenvalue weighted by molar-refractivity contribution is 6.26. The summed E-state index contributed by atoms with van der Waals surface area (Å²) in [5.74, 6) is 0.586. The summed E-state index contributed by atoms with van der Waals surface area (Å²) >= 11 is 0. The van der Waals surface area contributed by atoms with Crippen molar-refractivity contribution in [3.8, 4) is 5.69 Å². The topological polar surface area (TPSA) is 69.1 Å². The molecule has 5 heterocycles. The highest BCUT2D eigenvalue weighted by atomic mass is 16.3. The number of hydrogen-bond acceptors (Lipinski definition) is 5. The molecular weight excluding hydrogens is 787 g/mol. The van der Waals surface area contributed by atoms with E-state index in [0.717, 1.165) is 111 Å². The molecule has 0 spiro atoms. The molecule has 0 amide bonds. The van der Waals surface area contributed by atoms with Gasteiger partial charge in [-0.2, -0.15) is 0 Å². The number of benzene rings is 9. The van der Waals surface area contributed by atoms with Gasteiger partial charge >= 0.3 is 0 Å². The van der Waals surface area contributed by atoms with E-state index in [1.54, 1.807) is 0 Å². The van der Waals surface area contributed by atoms with Gasteiger partial charge in [-0.05, 0) is 83.4 Å². The van der Waals surface area contributed by atoms with Crippen LogP contribution in [0.1, 0.15) is 36.1 Å². The molecule has 1 aliphatic heterocycles. The van der Waals surface area contributed by atoms with E-state index in [1.165, 1.54) is 21.5 Å². The first-order chi connectivity index (χ1) is 31.7. The summed E-state index contributed by atoms with van der Waals surface area (Å²) in [6, 6.07) is 63.9. The molecule has 2 atom stereocenters. The Hall–Kier alpha value is -8.22. The van der Waals surface area contributed by atoms with E-state index in [9.17, 15) is 0 Å². The molecule has 64 heavy (non-hydrogen) atoms. The fraction of sp³-hybridized carbons (Fsp3) is 0.0690. The number of rotatable bonds is 5. The monoisotopic (exact) mass is 823 g/mol. The van der Waals surface area contributed by atoms with Gasteiger partial charge in [-0.3, -0.25) is 4.99 Å². The molecule has 4 aromatic heterocycles. The Balaban J connectivity index is 1.09. The van der Waals surface area contributed by atoms with E-state index < -0.39 is 0 Å². The van der Waals surface area contributed by atoms with Crippen molar-refractivity contribution in [2.75, 3.05) is 0 Å². The summed E-state index contributed by atoms with van der Waals surface area (Å²) in [5.41, 5.74) is 12.3. The van der Waals surface area contributed by atoms with Gasteiger partial charge in [0.05, 0.1) is 28.5 Å². The molecule has 0 bridgehead atoms. The summed E-state index contributed by atoms with van der Waals surface area (Å²) in [5, 5.41) is 11.1. The number of hydrogen-bond donors (Lipinski definition) is 0. The molecule has 14 rings (SSSR count). The van der Waals surface area contributed by atoms with E-state index >= 15 is 0 Å². The van der Waals surface area contributed by atoms with Crippen LogP contribution in [-0.2, 0) is 0 Å². The minimum Gasteiger partial charge on any atom is -0.456 e.